The summed E-state index contributed by atoms with van der Waals surface area (Å²) >= 11 is 1.26. The Morgan fingerprint density at radius 2 is 2.05 bits per heavy atom. The number of ether oxygens (including phenoxy) is 2. The van der Waals surface area contributed by atoms with Crippen molar-refractivity contribution < 1.29 is 23.9 Å². The minimum Gasteiger partial charge on any atom is -0.469 e. The molecule has 1 heterocycles. The van der Waals surface area contributed by atoms with Crippen LogP contribution in [0.1, 0.15) is 35.8 Å². The van der Waals surface area contributed by atoms with Gasteiger partial charge in [-0.15, -0.1) is 11.3 Å². The van der Waals surface area contributed by atoms with Crippen LogP contribution < -0.4 is 0 Å². The van der Waals surface area contributed by atoms with Crippen LogP contribution in [0.4, 0.5) is 0 Å². The van der Waals surface area contributed by atoms with E-state index in [0.29, 0.717) is 10.7 Å². The van der Waals surface area contributed by atoms with Crippen LogP contribution in [0.2, 0.25) is 0 Å². The minimum atomic E-state index is -0.568. The number of aromatic nitrogens is 1. The molecule has 0 N–H and O–H groups in total. The second kappa shape index (κ2) is 8.55. The van der Waals surface area contributed by atoms with Gasteiger partial charge in [0.05, 0.1) is 18.9 Å². The lowest BCUT2D eigenvalue weighted by Crippen LogP contribution is -2.27. The fourth-order valence-electron chi connectivity index (χ4n) is 1.73. The first-order valence-electron chi connectivity index (χ1n) is 6.66. The zero-order chi connectivity index (χ0) is 16.7. The van der Waals surface area contributed by atoms with Crippen LogP contribution >= 0.6 is 11.3 Å². The largest absolute Gasteiger partial charge is 0.469 e. The summed E-state index contributed by atoms with van der Waals surface area (Å²) in [7, 11) is 2.72. The number of esters is 1. The van der Waals surface area contributed by atoms with Gasteiger partial charge < -0.3 is 9.47 Å². The number of hydrogen-bond acceptors (Lipinski definition) is 7. The molecule has 1 aromatic rings. The smallest absolute Gasteiger partial charge is 0.313 e. The molecule has 2 atom stereocenters. The van der Waals surface area contributed by atoms with Crippen molar-refractivity contribution in [2.24, 2.45) is 5.92 Å². The Labute approximate surface area is 133 Å². The van der Waals surface area contributed by atoms with E-state index in [0.717, 1.165) is 0 Å². The average molecular weight is 325 g/mol. The van der Waals surface area contributed by atoms with Crippen LogP contribution in [0.25, 0.3) is 6.08 Å². The van der Waals surface area contributed by atoms with Gasteiger partial charge in [0.15, 0.2) is 10.8 Å². The number of hydrogen-bond donors (Lipinski definition) is 0. The number of nitrogens with zero attached hydrogens (tertiary/aromatic N) is 1. The van der Waals surface area contributed by atoms with Crippen molar-refractivity contribution in [3.63, 3.8) is 0 Å². The van der Waals surface area contributed by atoms with E-state index in [1.807, 2.05) is 0 Å². The zero-order valence-electron chi connectivity index (χ0n) is 13.0. The number of Topliss-reactive ketones (excluding diaryl/α,β-unsaturated/α-hetero) is 2. The Morgan fingerprint density at radius 3 is 2.55 bits per heavy atom. The average Bonchev–Trinajstić information content (AvgIpc) is 2.96. The number of carbonyl (C=O) groups excluding carboxylic acids is 3. The fraction of sp³-hybridized carbons (Fsp3) is 0.467. The van der Waals surface area contributed by atoms with E-state index in [2.05, 4.69) is 9.72 Å². The highest BCUT2D eigenvalue weighted by molar-refractivity contribution is 7.11. The molecule has 22 heavy (non-hydrogen) atoms. The molecular formula is C15H19NO5S. The van der Waals surface area contributed by atoms with Gasteiger partial charge in [-0.3, -0.25) is 14.4 Å². The van der Waals surface area contributed by atoms with Crippen LogP contribution in [-0.4, -0.2) is 42.8 Å². The maximum Gasteiger partial charge on any atom is 0.313 e. The molecule has 0 aromatic carbocycles. The summed E-state index contributed by atoms with van der Waals surface area (Å²) in [5.74, 6) is -1.41. The molecule has 1 rings (SSSR count). The Kier molecular flexibility index (Phi) is 7.07. The molecule has 0 spiro atoms. The highest BCUT2D eigenvalue weighted by Crippen LogP contribution is 2.16. The number of methoxy groups -OCH3 is 2. The standard InChI is InChI=1S/C15H19NO5S/c1-9(12(18)7-14(19)21-4)13(20-3)6-5-11-8-22-15(16-11)10(2)17/h5-6,8-9,13H,7H2,1-4H3. The predicted molar refractivity (Wildman–Crippen MR) is 82.8 cm³/mol. The molecule has 0 saturated heterocycles. The van der Waals surface area contributed by atoms with E-state index < -0.39 is 18.0 Å². The fourth-order valence-corrected chi connectivity index (χ4v) is 2.41. The predicted octanol–water partition coefficient (Wildman–Crippen LogP) is 2.14. The van der Waals surface area contributed by atoms with Gasteiger partial charge >= 0.3 is 5.97 Å². The summed E-state index contributed by atoms with van der Waals surface area (Å²) < 4.78 is 9.75. The molecule has 6 nitrogen and oxygen atoms in total. The summed E-state index contributed by atoms with van der Waals surface area (Å²) in [6.07, 6.45) is 2.62. The van der Waals surface area contributed by atoms with E-state index in [-0.39, 0.29) is 18.0 Å². The number of thiazole rings is 1. The quantitative estimate of drug-likeness (QED) is 0.414. The van der Waals surface area contributed by atoms with Crippen molar-refractivity contribution in [3.8, 4) is 0 Å². The second-order valence-electron chi connectivity index (χ2n) is 4.70. The number of rotatable bonds is 8. The highest BCUT2D eigenvalue weighted by Gasteiger charge is 2.24. The van der Waals surface area contributed by atoms with Crippen LogP contribution in [0.3, 0.4) is 0 Å². The first-order valence-corrected chi connectivity index (χ1v) is 7.54. The molecule has 0 aliphatic carbocycles. The van der Waals surface area contributed by atoms with E-state index in [9.17, 15) is 14.4 Å². The van der Waals surface area contributed by atoms with E-state index in [1.165, 1.54) is 32.5 Å². The maximum absolute atomic E-state index is 11.9. The third kappa shape index (κ3) is 5.16. The zero-order valence-corrected chi connectivity index (χ0v) is 13.8. The van der Waals surface area contributed by atoms with Crippen molar-refractivity contribution >= 4 is 34.9 Å². The molecule has 0 aliphatic heterocycles. The Balaban J connectivity index is 2.73. The van der Waals surface area contributed by atoms with E-state index >= 15 is 0 Å². The van der Waals surface area contributed by atoms with Crippen LogP contribution in [0.15, 0.2) is 11.5 Å². The lowest BCUT2D eigenvalue weighted by molar-refractivity contribution is -0.144. The van der Waals surface area contributed by atoms with Crippen molar-refractivity contribution in [1.29, 1.82) is 0 Å². The normalized spacial score (nSPS) is 13.8. The summed E-state index contributed by atoms with van der Waals surface area (Å²) in [5, 5.41) is 2.18. The van der Waals surface area contributed by atoms with Gasteiger partial charge in [-0.25, -0.2) is 4.98 Å². The highest BCUT2D eigenvalue weighted by atomic mass is 32.1. The Morgan fingerprint density at radius 1 is 1.36 bits per heavy atom. The molecule has 0 saturated carbocycles. The molecular weight excluding hydrogens is 306 g/mol. The van der Waals surface area contributed by atoms with Crippen molar-refractivity contribution in [2.75, 3.05) is 14.2 Å². The molecule has 0 aliphatic rings. The first-order chi connectivity index (χ1) is 10.4. The molecule has 2 unspecified atom stereocenters. The van der Waals surface area contributed by atoms with Gasteiger partial charge in [-0.2, -0.15) is 0 Å². The van der Waals surface area contributed by atoms with Crippen molar-refractivity contribution in [1.82, 2.24) is 4.98 Å². The third-order valence-electron chi connectivity index (χ3n) is 3.10. The molecule has 120 valence electrons. The van der Waals surface area contributed by atoms with Gasteiger partial charge in [0, 0.05) is 25.3 Å². The molecule has 1 aromatic heterocycles. The first kappa shape index (κ1) is 18.2. The third-order valence-corrected chi connectivity index (χ3v) is 4.06. The number of ketones is 2. The lowest BCUT2D eigenvalue weighted by atomic mass is 9.96. The van der Waals surface area contributed by atoms with E-state index in [1.54, 1.807) is 24.5 Å². The van der Waals surface area contributed by atoms with E-state index in [4.69, 9.17) is 4.74 Å². The van der Waals surface area contributed by atoms with Crippen LogP contribution in [0.5, 0.6) is 0 Å². The van der Waals surface area contributed by atoms with Gasteiger partial charge in [-0.05, 0) is 6.08 Å². The summed E-state index contributed by atoms with van der Waals surface area (Å²) in [5.41, 5.74) is 0.630. The maximum atomic E-state index is 11.9. The SMILES string of the molecule is COC(=O)CC(=O)C(C)C(C=Cc1csc(C(C)=O)n1)OC. The molecule has 0 radical (unpaired) electrons. The molecule has 7 heteroatoms. The molecule has 0 amide bonds. The molecule has 0 fully saturated rings. The summed E-state index contributed by atoms with van der Waals surface area (Å²) in [4.78, 5) is 38.4. The van der Waals surface area contributed by atoms with Gasteiger partial charge in [0.2, 0.25) is 0 Å². The van der Waals surface area contributed by atoms with Crippen molar-refractivity contribution in [3.05, 3.63) is 22.2 Å². The minimum absolute atomic E-state index is 0.0884. The Hall–Kier alpha value is -1.86. The number of carbonyl (C=O) groups is 3. The Bertz CT molecular complexity index is 578. The van der Waals surface area contributed by atoms with Crippen LogP contribution in [-0.2, 0) is 19.1 Å². The van der Waals surface area contributed by atoms with Gasteiger partial charge in [0.1, 0.15) is 12.2 Å². The topological polar surface area (TPSA) is 82.6 Å². The second-order valence-corrected chi connectivity index (χ2v) is 5.56. The molecule has 0 bridgehead atoms. The summed E-state index contributed by atoms with van der Waals surface area (Å²) in [6, 6.07) is 0. The van der Waals surface area contributed by atoms with Crippen LogP contribution in [0, 0.1) is 5.92 Å². The monoisotopic (exact) mass is 325 g/mol. The van der Waals surface area contributed by atoms with Gasteiger partial charge in [-0.1, -0.05) is 13.0 Å². The van der Waals surface area contributed by atoms with Crippen molar-refractivity contribution in [2.45, 2.75) is 26.4 Å². The van der Waals surface area contributed by atoms with Gasteiger partial charge in [0.25, 0.3) is 0 Å². The lowest BCUT2D eigenvalue weighted by Gasteiger charge is -2.17. The summed E-state index contributed by atoms with van der Waals surface area (Å²) in [6.45, 7) is 3.14.